The first-order valence-corrected chi connectivity index (χ1v) is 9.53. The van der Waals surface area contributed by atoms with E-state index in [9.17, 15) is 13.2 Å². The molecular formula is C18H19N3O3S. The minimum atomic E-state index is -3.65. The SMILES string of the molecule is CS(=O)(=O)N(CC(=O)NCCc1ccccc1)c1cccc(C#N)c1. The van der Waals surface area contributed by atoms with E-state index < -0.39 is 15.9 Å². The zero-order chi connectivity index (χ0) is 18.3. The van der Waals surface area contributed by atoms with Gasteiger partial charge in [0.2, 0.25) is 15.9 Å². The van der Waals surface area contributed by atoms with Gasteiger partial charge in [-0.3, -0.25) is 9.10 Å². The Morgan fingerprint density at radius 3 is 2.52 bits per heavy atom. The number of nitrogens with one attached hydrogen (secondary N) is 1. The summed E-state index contributed by atoms with van der Waals surface area (Å²) in [6.45, 7) is 0.0845. The van der Waals surface area contributed by atoms with E-state index in [1.165, 1.54) is 6.07 Å². The number of nitrogens with zero attached hydrogens (tertiary/aromatic N) is 2. The molecule has 1 amide bonds. The molecule has 0 aliphatic rings. The van der Waals surface area contributed by atoms with Crippen LogP contribution >= 0.6 is 0 Å². The highest BCUT2D eigenvalue weighted by molar-refractivity contribution is 7.92. The zero-order valence-electron chi connectivity index (χ0n) is 13.8. The van der Waals surface area contributed by atoms with Crippen LogP contribution in [-0.4, -0.2) is 33.7 Å². The zero-order valence-corrected chi connectivity index (χ0v) is 14.7. The standard InChI is InChI=1S/C18H19N3O3S/c1-25(23,24)21(17-9-5-8-16(12-17)13-19)14-18(22)20-11-10-15-6-3-2-4-7-15/h2-9,12H,10-11,14H2,1H3,(H,20,22). The number of nitriles is 1. The van der Waals surface area contributed by atoms with Crippen molar-refractivity contribution < 1.29 is 13.2 Å². The highest BCUT2D eigenvalue weighted by atomic mass is 32.2. The number of carbonyl (C=O) groups is 1. The Bertz CT molecular complexity index is 874. The molecule has 0 unspecified atom stereocenters. The number of hydrogen-bond donors (Lipinski definition) is 1. The van der Waals surface area contributed by atoms with Gasteiger partial charge in [0, 0.05) is 6.54 Å². The predicted molar refractivity (Wildman–Crippen MR) is 96.5 cm³/mol. The molecule has 0 saturated carbocycles. The van der Waals surface area contributed by atoms with Gasteiger partial charge in [0.05, 0.1) is 23.6 Å². The maximum absolute atomic E-state index is 12.1. The Labute approximate surface area is 147 Å². The van der Waals surface area contributed by atoms with E-state index in [1.807, 2.05) is 36.4 Å². The summed E-state index contributed by atoms with van der Waals surface area (Å²) in [5, 5.41) is 11.7. The van der Waals surface area contributed by atoms with Crippen LogP contribution in [0.2, 0.25) is 0 Å². The molecule has 2 aromatic carbocycles. The van der Waals surface area contributed by atoms with E-state index in [2.05, 4.69) is 5.32 Å². The lowest BCUT2D eigenvalue weighted by Crippen LogP contribution is -2.41. The van der Waals surface area contributed by atoms with Gasteiger partial charge in [-0.2, -0.15) is 5.26 Å². The van der Waals surface area contributed by atoms with Crippen LogP contribution in [0.4, 0.5) is 5.69 Å². The maximum Gasteiger partial charge on any atom is 0.240 e. The van der Waals surface area contributed by atoms with Crippen molar-refractivity contribution in [1.29, 1.82) is 5.26 Å². The van der Waals surface area contributed by atoms with E-state index in [1.54, 1.807) is 18.2 Å². The number of carbonyl (C=O) groups excluding carboxylic acids is 1. The van der Waals surface area contributed by atoms with Gasteiger partial charge in [-0.15, -0.1) is 0 Å². The molecule has 0 saturated heterocycles. The molecule has 0 spiro atoms. The largest absolute Gasteiger partial charge is 0.354 e. The van der Waals surface area contributed by atoms with E-state index in [4.69, 9.17) is 5.26 Å². The van der Waals surface area contributed by atoms with Gasteiger partial charge in [-0.1, -0.05) is 36.4 Å². The Morgan fingerprint density at radius 2 is 1.88 bits per heavy atom. The third-order valence-corrected chi connectivity index (χ3v) is 4.67. The van der Waals surface area contributed by atoms with Crippen molar-refractivity contribution in [2.75, 3.05) is 23.7 Å². The summed E-state index contributed by atoms with van der Waals surface area (Å²) >= 11 is 0. The molecule has 0 aliphatic carbocycles. The van der Waals surface area contributed by atoms with Crippen molar-refractivity contribution in [3.8, 4) is 6.07 Å². The molecule has 7 heteroatoms. The van der Waals surface area contributed by atoms with Crippen molar-refractivity contribution >= 4 is 21.6 Å². The van der Waals surface area contributed by atoms with Crippen LogP contribution in [0.15, 0.2) is 54.6 Å². The van der Waals surface area contributed by atoms with Gasteiger partial charge in [0.15, 0.2) is 0 Å². The average Bonchev–Trinajstić information content (AvgIpc) is 2.59. The third kappa shape index (κ3) is 5.62. The molecule has 6 nitrogen and oxygen atoms in total. The lowest BCUT2D eigenvalue weighted by molar-refractivity contribution is -0.119. The number of sulfonamides is 1. The second kappa shape index (κ2) is 8.31. The van der Waals surface area contributed by atoms with E-state index in [0.717, 1.165) is 16.1 Å². The minimum Gasteiger partial charge on any atom is -0.354 e. The van der Waals surface area contributed by atoms with Gasteiger partial charge in [-0.05, 0) is 30.2 Å². The fourth-order valence-corrected chi connectivity index (χ4v) is 3.16. The summed E-state index contributed by atoms with van der Waals surface area (Å²) in [7, 11) is -3.65. The first-order chi connectivity index (χ1) is 11.9. The van der Waals surface area contributed by atoms with Crippen LogP contribution in [-0.2, 0) is 21.2 Å². The topological polar surface area (TPSA) is 90.3 Å². The summed E-state index contributed by atoms with van der Waals surface area (Å²) in [6, 6.07) is 17.8. The van der Waals surface area contributed by atoms with Gasteiger partial charge in [0.25, 0.3) is 0 Å². The second-order valence-corrected chi connectivity index (χ2v) is 7.42. The van der Waals surface area contributed by atoms with Crippen LogP contribution in [0.1, 0.15) is 11.1 Å². The number of anilines is 1. The van der Waals surface area contributed by atoms with E-state index in [0.29, 0.717) is 24.2 Å². The molecule has 130 valence electrons. The molecule has 2 aromatic rings. The normalized spacial score (nSPS) is 10.7. The van der Waals surface area contributed by atoms with Crippen molar-refractivity contribution in [3.05, 3.63) is 65.7 Å². The molecular weight excluding hydrogens is 338 g/mol. The van der Waals surface area contributed by atoms with Crippen molar-refractivity contribution in [2.24, 2.45) is 0 Å². The summed E-state index contributed by atoms with van der Waals surface area (Å²) < 4.78 is 25.0. The van der Waals surface area contributed by atoms with Crippen molar-refractivity contribution in [3.63, 3.8) is 0 Å². The molecule has 0 bridgehead atoms. The Kier molecular flexibility index (Phi) is 6.14. The van der Waals surface area contributed by atoms with E-state index in [-0.39, 0.29) is 6.54 Å². The lowest BCUT2D eigenvalue weighted by Gasteiger charge is -2.22. The summed E-state index contributed by atoms with van der Waals surface area (Å²) in [5.74, 6) is -0.399. The number of hydrogen-bond acceptors (Lipinski definition) is 4. The molecule has 0 radical (unpaired) electrons. The van der Waals surface area contributed by atoms with Crippen molar-refractivity contribution in [1.82, 2.24) is 5.32 Å². The van der Waals surface area contributed by atoms with Crippen LogP contribution in [0, 0.1) is 11.3 Å². The number of amides is 1. The molecule has 2 rings (SSSR count). The van der Waals surface area contributed by atoms with Crippen LogP contribution in [0.5, 0.6) is 0 Å². The van der Waals surface area contributed by atoms with Gasteiger partial charge >= 0.3 is 0 Å². The Balaban J connectivity index is 2.02. The highest BCUT2D eigenvalue weighted by Gasteiger charge is 2.20. The first-order valence-electron chi connectivity index (χ1n) is 7.68. The fourth-order valence-electron chi connectivity index (χ4n) is 2.31. The molecule has 1 N–H and O–H groups in total. The van der Waals surface area contributed by atoms with Crippen LogP contribution < -0.4 is 9.62 Å². The summed E-state index contributed by atoms with van der Waals surface area (Å²) in [4.78, 5) is 12.1. The molecule has 0 heterocycles. The van der Waals surface area contributed by atoms with Crippen molar-refractivity contribution in [2.45, 2.75) is 6.42 Å². The quantitative estimate of drug-likeness (QED) is 0.816. The summed E-state index contributed by atoms with van der Waals surface area (Å²) in [6.07, 6.45) is 1.69. The van der Waals surface area contributed by atoms with Gasteiger partial charge in [0.1, 0.15) is 6.54 Å². The van der Waals surface area contributed by atoms with Gasteiger partial charge in [-0.25, -0.2) is 8.42 Å². The smallest absolute Gasteiger partial charge is 0.240 e. The Hall–Kier alpha value is -2.85. The lowest BCUT2D eigenvalue weighted by atomic mass is 10.1. The second-order valence-electron chi connectivity index (χ2n) is 5.52. The number of benzene rings is 2. The highest BCUT2D eigenvalue weighted by Crippen LogP contribution is 2.18. The maximum atomic E-state index is 12.1. The minimum absolute atomic E-state index is 0.291. The molecule has 0 fully saturated rings. The van der Waals surface area contributed by atoms with Gasteiger partial charge < -0.3 is 5.32 Å². The number of rotatable bonds is 7. The summed E-state index contributed by atoms with van der Waals surface area (Å²) in [5.41, 5.74) is 1.71. The molecule has 25 heavy (non-hydrogen) atoms. The molecule has 0 atom stereocenters. The van der Waals surface area contributed by atoms with Crippen LogP contribution in [0.3, 0.4) is 0 Å². The molecule has 0 aliphatic heterocycles. The Morgan fingerprint density at radius 1 is 1.16 bits per heavy atom. The predicted octanol–water partition coefficient (Wildman–Crippen LogP) is 1.68. The van der Waals surface area contributed by atoms with E-state index >= 15 is 0 Å². The first kappa shape index (κ1) is 18.5. The average molecular weight is 357 g/mol. The third-order valence-electron chi connectivity index (χ3n) is 3.53. The fraction of sp³-hybridized carbons (Fsp3) is 0.222. The molecule has 0 aromatic heterocycles. The van der Waals surface area contributed by atoms with Crippen LogP contribution in [0.25, 0.3) is 0 Å². The monoisotopic (exact) mass is 357 g/mol.